The van der Waals surface area contributed by atoms with Gasteiger partial charge in [-0.2, -0.15) is 10.2 Å². The average Bonchev–Trinajstić information content (AvgIpc) is 2.92. The van der Waals surface area contributed by atoms with Gasteiger partial charge in [0, 0.05) is 36.6 Å². The number of H-pyrrole nitrogens is 2. The lowest BCUT2D eigenvalue weighted by atomic mass is 10.4. The minimum Gasteiger partial charge on any atom is -0.326 e. The largest absolute Gasteiger partial charge is 0.326 e. The van der Waals surface area contributed by atoms with Gasteiger partial charge >= 0.3 is 0 Å². The Labute approximate surface area is 118 Å². The van der Waals surface area contributed by atoms with Gasteiger partial charge in [-0.1, -0.05) is 0 Å². The molecular weight excluding hydrogens is 286 g/mol. The Morgan fingerprint density at radius 1 is 0.824 bits per heavy atom. The first-order chi connectivity index (χ1) is 6.86. The van der Waals surface area contributed by atoms with Crippen molar-refractivity contribution in [2.45, 2.75) is 13.1 Å². The van der Waals surface area contributed by atoms with Crippen LogP contribution in [0, 0.1) is 0 Å². The summed E-state index contributed by atoms with van der Waals surface area (Å²) in [6.07, 6.45) is 6.97. The SMILES string of the molecule is Cl.Cl.Cl.NCc1cn[nH]c1.NCc1cn[nH]c1. The molecule has 0 fully saturated rings. The maximum Gasteiger partial charge on any atom is 0.0532 e. The number of hydrogen-bond donors (Lipinski definition) is 4. The molecule has 0 saturated carbocycles. The summed E-state index contributed by atoms with van der Waals surface area (Å²) < 4.78 is 0. The second-order valence-electron chi connectivity index (χ2n) is 2.62. The summed E-state index contributed by atoms with van der Waals surface area (Å²) in [5, 5.41) is 12.7. The highest BCUT2D eigenvalue weighted by Crippen LogP contribution is 1.87. The van der Waals surface area contributed by atoms with Gasteiger partial charge < -0.3 is 11.5 Å². The summed E-state index contributed by atoms with van der Waals surface area (Å²) in [4.78, 5) is 0. The molecule has 0 radical (unpaired) electrons. The van der Waals surface area contributed by atoms with E-state index in [1.807, 2.05) is 0 Å². The van der Waals surface area contributed by atoms with Crippen LogP contribution >= 0.6 is 37.2 Å². The molecule has 0 amide bonds. The van der Waals surface area contributed by atoms with Gasteiger partial charge in [0.2, 0.25) is 0 Å². The first-order valence-electron chi connectivity index (χ1n) is 4.22. The molecule has 0 aliphatic carbocycles. The molecule has 0 atom stereocenters. The van der Waals surface area contributed by atoms with Crippen LogP contribution in [0.25, 0.3) is 0 Å². The van der Waals surface area contributed by atoms with Crippen molar-refractivity contribution in [3.05, 3.63) is 35.9 Å². The van der Waals surface area contributed by atoms with Crippen LogP contribution in [0.4, 0.5) is 0 Å². The van der Waals surface area contributed by atoms with E-state index in [1.165, 1.54) is 0 Å². The maximum absolute atomic E-state index is 5.23. The lowest BCUT2D eigenvalue weighted by Crippen LogP contribution is -1.92. The molecule has 0 aromatic carbocycles. The van der Waals surface area contributed by atoms with Crippen LogP contribution in [-0.2, 0) is 13.1 Å². The highest BCUT2D eigenvalue weighted by molar-refractivity contribution is 5.86. The van der Waals surface area contributed by atoms with E-state index in [-0.39, 0.29) is 37.2 Å². The lowest BCUT2D eigenvalue weighted by molar-refractivity contribution is 1.07. The second-order valence-corrected chi connectivity index (χ2v) is 2.62. The quantitative estimate of drug-likeness (QED) is 0.663. The van der Waals surface area contributed by atoms with E-state index in [9.17, 15) is 0 Å². The average molecular weight is 304 g/mol. The smallest absolute Gasteiger partial charge is 0.0532 e. The Kier molecular flexibility index (Phi) is 16.8. The lowest BCUT2D eigenvalue weighted by Gasteiger charge is -1.77. The Bertz CT molecular complexity index is 289. The second kappa shape index (κ2) is 13.3. The first kappa shape index (κ1) is 21.5. The first-order valence-corrected chi connectivity index (χ1v) is 4.22. The number of aromatic amines is 2. The molecule has 2 rings (SSSR count). The van der Waals surface area contributed by atoms with Gasteiger partial charge in [0.15, 0.2) is 0 Å². The molecule has 0 unspecified atom stereocenters. The van der Waals surface area contributed by atoms with Crippen LogP contribution < -0.4 is 11.5 Å². The van der Waals surface area contributed by atoms with E-state index in [0.717, 1.165) is 11.1 Å². The van der Waals surface area contributed by atoms with E-state index in [1.54, 1.807) is 24.8 Å². The normalized spacial score (nSPS) is 7.65. The number of nitrogens with one attached hydrogen (secondary N) is 2. The molecule has 9 heteroatoms. The topological polar surface area (TPSA) is 109 Å². The number of hydrogen-bond acceptors (Lipinski definition) is 4. The predicted octanol–water partition coefficient (Wildman–Crippen LogP) is 1.00. The molecular formula is C8H17Cl3N6. The molecule has 0 spiro atoms. The van der Waals surface area contributed by atoms with Crippen LogP contribution in [0.5, 0.6) is 0 Å². The summed E-state index contributed by atoms with van der Waals surface area (Å²) in [7, 11) is 0. The van der Waals surface area contributed by atoms with Gasteiger partial charge in [0.1, 0.15) is 0 Å². The molecule has 6 N–H and O–H groups in total. The maximum atomic E-state index is 5.23. The molecule has 2 aromatic heterocycles. The molecule has 2 aromatic rings. The number of aromatic nitrogens is 4. The van der Waals surface area contributed by atoms with Gasteiger partial charge in [-0.25, -0.2) is 0 Å². The van der Waals surface area contributed by atoms with E-state index in [2.05, 4.69) is 20.4 Å². The van der Waals surface area contributed by atoms with Crippen LogP contribution in [0.1, 0.15) is 11.1 Å². The highest BCUT2D eigenvalue weighted by atomic mass is 35.5. The van der Waals surface area contributed by atoms with Crippen molar-refractivity contribution in [2.24, 2.45) is 11.5 Å². The zero-order valence-corrected chi connectivity index (χ0v) is 11.4. The Morgan fingerprint density at radius 3 is 1.29 bits per heavy atom. The van der Waals surface area contributed by atoms with Gasteiger partial charge in [-0.05, 0) is 0 Å². The number of nitrogens with zero attached hydrogens (tertiary/aromatic N) is 2. The number of rotatable bonds is 2. The molecule has 6 nitrogen and oxygen atoms in total. The zero-order valence-electron chi connectivity index (χ0n) is 9.00. The molecule has 0 bridgehead atoms. The van der Waals surface area contributed by atoms with Crippen LogP contribution in [-0.4, -0.2) is 20.4 Å². The fraction of sp³-hybridized carbons (Fsp3) is 0.250. The summed E-state index contributed by atoms with van der Waals surface area (Å²) in [5.41, 5.74) is 12.6. The minimum absolute atomic E-state index is 0. The van der Waals surface area contributed by atoms with Gasteiger partial charge in [0.05, 0.1) is 12.4 Å². The van der Waals surface area contributed by atoms with Crippen molar-refractivity contribution >= 4 is 37.2 Å². The monoisotopic (exact) mass is 302 g/mol. The van der Waals surface area contributed by atoms with E-state index in [0.29, 0.717) is 13.1 Å². The Morgan fingerprint density at radius 2 is 1.18 bits per heavy atom. The Balaban J connectivity index is -0.000000196. The van der Waals surface area contributed by atoms with E-state index < -0.39 is 0 Å². The van der Waals surface area contributed by atoms with Crippen LogP contribution in [0.15, 0.2) is 24.8 Å². The zero-order chi connectivity index (χ0) is 10.2. The summed E-state index contributed by atoms with van der Waals surface area (Å²) in [5.74, 6) is 0. The van der Waals surface area contributed by atoms with Crippen molar-refractivity contribution in [1.29, 1.82) is 0 Å². The molecule has 0 aliphatic heterocycles. The van der Waals surface area contributed by atoms with Crippen molar-refractivity contribution < 1.29 is 0 Å². The fourth-order valence-electron chi connectivity index (χ4n) is 0.779. The molecule has 2 heterocycles. The molecule has 0 aliphatic rings. The molecule has 17 heavy (non-hydrogen) atoms. The summed E-state index contributed by atoms with van der Waals surface area (Å²) >= 11 is 0. The number of nitrogens with two attached hydrogens (primary N) is 2. The van der Waals surface area contributed by atoms with Gasteiger partial charge in [-0.15, -0.1) is 37.2 Å². The highest BCUT2D eigenvalue weighted by Gasteiger charge is 1.83. The molecule has 0 saturated heterocycles. The fourth-order valence-corrected chi connectivity index (χ4v) is 0.779. The molecule has 100 valence electrons. The van der Waals surface area contributed by atoms with Crippen molar-refractivity contribution in [3.63, 3.8) is 0 Å². The third-order valence-electron chi connectivity index (χ3n) is 1.58. The summed E-state index contributed by atoms with van der Waals surface area (Å²) in [6, 6.07) is 0. The Hall–Kier alpha value is -0.790. The van der Waals surface area contributed by atoms with Gasteiger partial charge in [0.25, 0.3) is 0 Å². The number of halogens is 3. The van der Waals surface area contributed by atoms with Crippen LogP contribution in [0.2, 0.25) is 0 Å². The van der Waals surface area contributed by atoms with Gasteiger partial charge in [-0.3, -0.25) is 10.2 Å². The third kappa shape index (κ3) is 8.96. The predicted molar refractivity (Wildman–Crippen MR) is 74.7 cm³/mol. The summed E-state index contributed by atoms with van der Waals surface area (Å²) in [6.45, 7) is 1.13. The standard InChI is InChI=1S/2C4H7N3.3ClH/c2*5-1-4-2-6-7-3-4;;;/h2*2-3H,1,5H2,(H,6,7);3*1H. The van der Waals surface area contributed by atoms with E-state index in [4.69, 9.17) is 11.5 Å². The van der Waals surface area contributed by atoms with Crippen LogP contribution in [0.3, 0.4) is 0 Å². The van der Waals surface area contributed by atoms with E-state index >= 15 is 0 Å². The van der Waals surface area contributed by atoms with Crippen molar-refractivity contribution in [2.75, 3.05) is 0 Å². The third-order valence-corrected chi connectivity index (χ3v) is 1.58. The van der Waals surface area contributed by atoms with Crippen molar-refractivity contribution in [1.82, 2.24) is 20.4 Å². The van der Waals surface area contributed by atoms with Crippen molar-refractivity contribution in [3.8, 4) is 0 Å². The minimum atomic E-state index is 0.